The molecule has 3 rings (SSSR count). The Hall–Kier alpha value is -3.28. The molecule has 6 heteroatoms. The number of amides is 1. The maximum absolute atomic E-state index is 12.6. The van der Waals surface area contributed by atoms with Crippen LogP contribution < -0.4 is 20.3 Å². The Bertz CT molecular complexity index is 1020. The van der Waals surface area contributed by atoms with E-state index in [0.29, 0.717) is 22.6 Å². The predicted octanol–water partition coefficient (Wildman–Crippen LogP) is 2.78. The summed E-state index contributed by atoms with van der Waals surface area (Å²) in [4.78, 5) is 27.7. The van der Waals surface area contributed by atoms with Crippen LogP contribution in [0.3, 0.4) is 0 Å². The van der Waals surface area contributed by atoms with Crippen molar-refractivity contribution in [1.29, 1.82) is 0 Å². The number of aryl methyl sites for hydroxylation is 1. The molecule has 26 heavy (non-hydrogen) atoms. The Labute approximate surface area is 150 Å². The topological polar surface area (TPSA) is 80.4 Å². The van der Waals surface area contributed by atoms with Crippen LogP contribution in [0.5, 0.6) is 11.5 Å². The van der Waals surface area contributed by atoms with Crippen molar-refractivity contribution >= 4 is 16.8 Å². The number of methoxy groups -OCH3 is 2. The maximum Gasteiger partial charge on any atom is 0.261 e. The molecule has 0 saturated heterocycles. The number of rotatable bonds is 5. The van der Waals surface area contributed by atoms with Crippen molar-refractivity contribution in [3.63, 3.8) is 0 Å². The summed E-state index contributed by atoms with van der Waals surface area (Å²) in [7, 11) is 3.12. The molecule has 0 aliphatic carbocycles. The summed E-state index contributed by atoms with van der Waals surface area (Å²) in [5.74, 6) is 0.785. The largest absolute Gasteiger partial charge is 0.493 e. The fourth-order valence-electron chi connectivity index (χ4n) is 2.94. The van der Waals surface area contributed by atoms with Crippen LogP contribution in [0, 0.1) is 6.92 Å². The van der Waals surface area contributed by atoms with Crippen LogP contribution in [-0.4, -0.2) is 25.1 Å². The molecule has 3 aromatic rings. The highest BCUT2D eigenvalue weighted by molar-refractivity contribution is 5.99. The van der Waals surface area contributed by atoms with Gasteiger partial charge in [-0.15, -0.1) is 0 Å². The normalized spacial score (nSPS) is 10.6. The van der Waals surface area contributed by atoms with Gasteiger partial charge in [-0.3, -0.25) is 9.59 Å². The number of H-pyrrole nitrogens is 1. The molecule has 0 atom stereocenters. The van der Waals surface area contributed by atoms with Gasteiger partial charge in [0.2, 0.25) is 0 Å². The monoisotopic (exact) mass is 352 g/mol. The molecule has 0 spiro atoms. The number of benzene rings is 2. The summed E-state index contributed by atoms with van der Waals surface area (Å²) in [5.41, 5.74) is 1.95. The molecule has 1 amide bonds. The van der Waals surface area contributed by atoms with Crippen molar-refractivity contribution < 1.29 is 14.3 Å². The molecule has 0 radical (unpaired) electrons. The molecule has 0 aliphatic heterocycles. The van der Waals surface area contributed by atoms with Crippen molar-refractivity contribution in [2.75, 3.05) is 14.2 Å². The van der Waals surface area contributed by atoms with E-state index < -0.39 is 11.5 Å². The second kappa shape index (κ2) is 7.31. The van der Waals surface area contributed by atoms with Crippen molar-refractivity contribution in [3.05, 3.63) is 69.5 Å². The van der Waals surface area contributed by atoms with Gasteiger partial charge < -0.3 is 19.8 Å². The van der Waals surface area contributed by atoms with Crippen molar-refractivity contribution in [2.24, 2.45) is 0 Å². The van der Waals surface area contributed by atoms with Gasteiger partial charge in [0.15, 0.2) is 11.5 Å². The molecular formula is C20H20N2O4. The van der Waals surface area contributed by atoms with Gasteiger partial charge in [0, 0.05) is 17.4 Å². The van der Waals surface area contributed by atoms with E-state index in [-0.39, 0.29) is 12.1 Å². The van der Waals surface area contributed by atoms with E-state index in [4.69, 9.17) is 9.47 Å². The second-order valence-corrected chi connectivity index (χ2v) is 5.87. The molecule has 6 nitrogen and oxygen atoms in total. The third kappa shape index (κ3) is 3.26. The summed E-state index contributed by atoms with van der Waals surface area (Å²) in [6.07, 6.45) is 0. The number of carbonyl (C=O) groups excluding carboxylic acids is 1. The molecule has 0 aliphatic rings. The standard InChI is InChI=1S/C20H20N2O4/c1-12-14-6-4-5-7-15(14)22-20(24)18(12)19(23)21-11-13-8-9-16(25-2)17(10-13)26-3/h4-10H,11H2,1-3H3,(H,21,23)(H,22,24). The van der Waals surface area contributed by atoms with Gasteiger partial charge in [-0.05, 0) is 36.2 Å². The first-order chi connectivity index (χ1) is 12.5. The summed E-state index contributed by atoms with van der Waals surface area (Å²) < 4.78 is 10.5. The number of hydrogen-bond donors (Lipinski definition) is 2. The number of fused-ring (bicyclic) bond motifs is 1. The molecule has 134 valence electrons. The van der Waals surface area contributed by atoms with Crippen LogP contribution in [0.2, 0.25) is 0 Å². The van der Waals surface area contributed by atoms with Crippen LogP contribution in [0.15, 0.2) is 47.3 Å². The molecular weight excluding hydrogens is 332 g/mol. The highest BCUT2D eigenvalue weighted by Gasteiger charge is 2.16. The van der Waals surface area contributed by atoms with Crippen LogP contribution in [-0.2, 0) is 6.54 Å². The number of hydrogen-bond acceptors (Lipinski definition) is 4. The Morgan fingerprint density at radius 2 is 1.81 bits per heavy atom. The van der Waals surface area contributed by atoms with Crippen molar-refractivity contribution in [2.45, 2.75) is 13.5 Å². The number of para-hydroxylation sites is 1. The number of ether oxygens (including phenoxy) is 2. The summed E-state index contributed by atoms with van der Waals surface area (Å²) in [6.45, 7) is 2.05. The van der Waals surface area contributed by atoms with E-state index in [1.165, 1.54) is 0 Å². The first-order valence-corrected chi connectivity index (χ1v) is 8.16. The zero-order valence-electron chi connectivity index (χ0n) is 14.9. The van der Waals surface area contributed by atoms with E-state index in [2.05, 4.69) is 10.3 Å². The van der Waals surface area contributed by atoms with Gasteiger partial charge >= 0.3 is 0 Å². The summed E-state index contributed by atoms with van der Waals surface area (Å²) in [5, 5.41) is 3.65. The van der Waals surface area contributed by atoms with Crippen molar-refractivity contribution in [3.8, 4) is 11.5 Å². The zero-order valence-corrected chi connectivity index (χ0v) is 14.9. The molecule has 0 unspecified atom stereocenters. The smallest absolute Gasteiger partial charge is 0.261 e. The second-order valence-electron chi connectivity index (χ2n) is 5.87. The Morgan fingerprint density at radius 1 is 1.08 bits per heavy atom. The number of carbonyl (C=O) groups is 1. The lowest BCUT2D eigenvalue weighted by Gasteiger charge is -2.11. The molecule has 0 saturated carbocycles. The molecule has 0 bridgehead atoms. The number of pyridine rings is 1. The lowest BCUT2D eigenvalue weighted by atomic mass is 10.0. The van der Waals surface area contributed by atoms with Gasteiger partial charge in [0.25, 0.3) is 11.5 Å². The lowest BCUT2D eigenvalue weighted by molar-refractivity contribution is 0.0949. The zero-order chi connectivity index (χ0) is 18.7. The maximum atomic E-state index is 12.6. The Kier molecular flexibility index (Phi) is 4.93. The third-order valence-electron chi connectivity index (χ3n) is 4.31. The minimum Gasteiger partial charge on any atom is -0.493 e. The molecule has 2 aromatic carbocycles. The number of aromatic amines is 1. The fraction of sp³-hybridized carbons (Fsp3) is 0.200. The molecule has 1 aromatic heterocycles. The fourth-order valence-corrected chi connectivity index (χ4v) is 2.94. The van der Waals surface area contributed by atoms with Gasteiger partial charge in [-0.2, -0.15) is 0 Å². The van der Waals surface area contributed by atoms with E-state index in [1.807, 2.05) is 30.3 Å². The van der Waals surface area contributed by atoms with Crippen LogP contribution in [0.4, 0.5) is 0 Å². The van der Waals surface area contributed by atoms with E-state index >= 15 is 0 Å². The minimum absolute atomic E-state index is 0.129. The van der Waals surface area contributed by atoms with Gasteiger partial charge in [0.05, 0.1) is 14.2 Å². The SMILES string of the molecule is COc1ccc(CNC(=O)c2c(C)c3ccccc3[nH]c2=O)cc1OC. The van der Waals surface area contributed by atoms with Crippen LogP contribution in [0.25, 0.3) is 10.9 Å². The first-order valence-electron chi connectivity index (χ1n) is 8.16. The molecule has 1 heterocycles. The van der Waals surface area contributed by atoms with Gasteiger partial charge in [-0.25, -0.2) is 0 Å². The van der Waals surface area contributed by atoms with Crippen LogP contribution >= 0.6 is 0 Å². The summed E-state index contributed by atoms with van der Waals surface area (Å²) >= 11 is 0. The van der Waals surface area contributed by atoms with E-state index in [9.17, 15) is 9.59 Å². The van der Waals surface area contributed by atoms with Crippen LogP contribution in [0.1, 0.15) is 21.5 Å². The highest BCUT2D eigenvalue weighted by Crippen LogP contribution is 2.27. The molecule has 2 N–H and O–H groups in total. The third-order valence-corrected chi connectivity index (χ3v) is 4.31. The van der Waals surface area contributed by atoms with E-state index in [0.717, 1.165) is 10.9 Å². The lowest BCUT2D eigenvalue weighted by Crippen LogP contribution is -2.30. The van der Waals surface area contributed by atoms with Gasteiger partial charge in [-0.1, -0.05) is 24.3 Å². The molecule has 0 fully saturated rings. The number of aromatic nitrogens is 1. The average molecular weight is 352 g/mol. The Balaban J connectivity index is 1.85. The number of nitrogens with one attached hydrogen (secondary N) is 2. The summed E-state index contributed by atoms with van der Waals surface area (Å²) in [6, 6.07) is 12.8. The first kappa shape index (κ1) is 17.5. The van der Waals surface area contributed by atoms with E-state index in [1.54, 1.807) is 33.3 Å². The van der Waals surface area contributed by atoms with Crippen molar-refractivity contribution in [1.82, 2.24) is 10.3 Å². The predicted molar refractivity (Wildman–Crippen MR) is 100 cm³/mol. The van der Waals surface area contributed by atoms with Gasteiger partial charge in [0.1, 0.15) is 5.56 Å². The highest BCUT2D eigenvalue weighted by atomic mass is 16.5. The Morgan fingerprint density at radius 3 is 2.54 bits per heavy atom. The minimum atomic E-state index is -0.413. The quantitative estimate of drug-likeness (QED) is 0.740. The average Bonchev–Trinajstić information content (AvgIpc) is 2.66.